The average Bonchev–Trinajstić information content (AvgIpc) is 3.21. The fourth-order valence-corrected chi connectivity index (χ4v) is 4.88. The second-order valence-electron chi connectivity index (χ2n) is 11.0. The van der Waals surface area contributed by atoms with Crippen LogP contribution in [0.3, 0.4) is 0 Å². The smallest absolute Gasteiger partial charge is 0.417 e. The van der Waals surface area contributed by atoms with Crippen molar-refractivity contribution in [1.29, 1.82) is 0 Å². The lowest BCUT2D eigenvalue weighted by Crippen LogP contribution is -2.55. The van der Waals surface area contributed by atoms with Gasteiger partial charge in [-0.25, -0.2) is 9.69 Å². The fourth-order valence-electron chi connectivity index (χ4n) is 4.88. The van der Waals surface area contributed by atoms with Crippen LogP contribution in [0.15, 0.2) is 42.5 Å². The molecule has 0 bridgehead atoms. The van der Waals surface area contributed by atoms with Crippen molar-refractivity contribution in [2.75, 3.05) is 26.9 Å². The van der Waals surface area contributed by atoms with Gasteiger partial charge in [0.15, 0.2) is 23.8 Å². The Hall–Kier alpha value is -3.45. The molecule has 12 heteroatoms. The standard InChI is InChI=1S/C31H43NO11/c1-20(2)28-31(4,5)43-30(38)32(28)29(37)27(39-6)26(42-21(3)34)25(36)15-14-23(35)13-10-16-40-19-24(17-33)41-18-22-11-8-7-9-12-22/h7-9,11-12,14-15,20,24,26-28,33H,10,13,16-19H2,1-6H3/t24-,26+,27-,28-/m1/s1. The topological polar surface area (TPSA) is 155 Å². The lowest BCUT2D eigenvalue weighted by molar-refractivity contribution is -0.166. The summed E-state index contributed by atoms with van der Waals surface area (Å²) in [5, 5.41) is 9.51. The van der Waals surface area contributed by atoms with Crippen molar-refractivity contribution in [2.45, 2.75) is 84.0 Å². The third-order valence-electron chi connectivity index (χ3n) is 6.73. The van der Waals surface area contributed by atoms with Gasteiger partial charge >= 0.3 is 12.1 Å². The molecule has 1 aliphatic rings. The molecule has 0 aliphatic carbocycles. The lowest BCUT2D eigenvalue weighted by Gasteiger charge is -2.33. The van der Waals surface area contributed by atoms with Crippen molar-refractivity contribution in [2.24, 2.45) is 5.92 Å². The maximum atomic E-state index is 13.5. The molecule has 0 spiro atoms. The number of aliphatic hydroxyl groups is 1. The van der Waals surface area contributed by atoms with E-state index in [1.807, 2.05) is 44.2 Å². The largest absolute Gasteiger partial charge is 0.451 e. The zero-order valence-corrected chi connectivity index (χ0v) is 25.6. The van der Waals surface area contributed by atoms with E-state index >= 15 is 0 Å². The number of aliphatic hydroxyl groups excluding tert-OH is 1. The first-order valence-corrected chi connectivity index (χ1v) is 14.2. The summed E-state index contributed by atoms with van der Waals surface area (Å²) in [4.78, 5) is 64.2. The van der Waals surface area contributed by atoms with Gasteiger partial charge in [0.2, 0.25) is 0 Å². The number of esters is 1. The summed E-state index contributed by atoms with van der Waals surface area (Å²) >= 11 is 0. The van der Waals surface area contributed by atoms with Crippen molar-refractivity contribution in [3.8, 4) is 0 Å². The molecule has 1 aliphatic heterocycles. The Kier molecular flexibility index (Phi) is 14.1. The Balaban J connectivity index is 1.93. The Morgan fingerprint density at radius 1 is 1.09 bits per heavy atom. The number of amides is 2. The first-order valence-electron chi connectivity index (χ1n) is 14.2. The van der Waals surface area contributed by atoms with Crippen LogP contribution in [0.25, 0.3) is 0 Å². The van der Waals surface area contributed by atoms with Crippen LogP contribution in [0.1, 0.15) is 53.0 Å². The van der Waals surface area contributed by atoms with E-state index in [4.69, 9.17) is 23.7 Å². The SMILES string of the molecule is CO[C@@H](C(=O)N1C(=O)OC(C)(C)[C@H]1C(C)C)[C@@H](OC(C)=O)C(=O)C=CC(=O)CCCOC[C@@H](CO)OCc1ccccc1. The molecule has 4 atom stereocenters. The molecule has 2 rings (SSSR count). The van der Waals surface area contributed by atoms with E-state index in [0.717, 1.165) is 36.6 Å². The molecule has 1 fully saturated rings. The molecule has 2 amide bonds. The quantitative estimate of drug-likeness (QED) is 0.149. The Morgan fingerprint density at radius 2 is 1.77 bits per heavy atom. The number of hydrogen-bond acceptors (Lipinski definition) is 11. The third kappa shape index (κ3) is 10.6. The van der Waals surface area contributed by atoms with Gasteiger partial charge in [-0.3, -0.25) is 19.2 Å². The minimum Gasteiger partial charge on any atom is -0.451 e. The Morgan fingerprint density at radius 3 is 2.35 bits per heavy atom. The van der Waals surface area contributed by atoms with Gasteiger partial charge < -0.3 is 28.8 Å². The average molecular weight is 606 g/mol. The summed E-state index contributed by atoms with van der Waals surface area (Å²) in [7, 11) is 1.15. The number of methoxy groups -OCH3 is 1. The van der Waals surface area contributed by atoms with E-state index in [2.05, 4.69) is 0 Å². The second kappa shape index (κ2) is 17.0. The highest BCUT2D eigenvalue weighted by Gasteiger charge is 2.54. The Labute approximate surface area is 252 Å². The van der Waals surface area contributed by atoms with E-state index in [1.165, 1.54) is 0 Å². The van der Waals surface area contributed by atoms with Gasteiger partial charge in [-0.1, -0.05) is 44.2 Å². The molecule has 0 aromatic heterocycles. The van der Waals surface area contributed by atoms with Crippen LogP contribution < -0.4 is 0 Å². The van der Waals surface area contributed by atoms with Gasteiger partial charge in [-0.2, -0.15) is 0 Å². The maximum absolute atomic E-state index is 13.5. The molecular weight excluding hydrogens is 562 g/mol. The van der Waals surface area contributed by atoms with E-state index in [0.29, 0.717) is 13.0 Å². The number of ether oxygens (including phenoxy) is 5. The highest BCUT2D eigenvalue weighted by molar-refractivity contribution is 6.05. The number of imide groups is 1. The van der Waals surface area contributed by atoms with E-state index in [1.54, 1.807) is 13.8 Å². The molecule has 1 aromatic carbocycles. The van der Waals surface area contributed by atoms with E-state index in [-0.39, 0.29) is 32.2 Å². The number of benzene rings is 1. The van der Waals surface area contributed by atoms with E-state index < -0.39 is 59.5 Å². The molecule has 1 heterocycles. The summed E-state index contributed by atoms with van der Waals surface area (Å²) in [6, 6.07) is 8.83. The predicted octanol–water partition coefficient (Wildman–Crippen LogP) is 2.78. The molecule has 0 unspecified atom stereocenters. The minimum absolute atomic E-state index is 0.0497. The summed E-state index contributed by atoms with van der Waals surface area (Å²) < 4.78 is 26.9. The number of carbonyl (C=O) groups is 5. The lowest BCUT2D eigenvalue weighted by atomic mass is 9.88. The monoisotopic (exact) mass is 605 g/mol. The van der Waals surface area contributed by atoms with Crippen molar-refractivity contribution < 1.29 is 52.8 Å². The van der Waals surface area contributed by atoms with Gasteiger partial charge in [0.05, 0.1) is 25.9 Å². The summed E-state index contributed by atoms with van der Waals surface area (Å²) in [6.45, 7) is 8.49. The second-order valence-corrected chi connectivity index (χ2v) is 11.0. The molecule has 12 nitrogen and oxygen atoms in total. The molecular formula is C31H43NO11. The van der Waals surface area contributed by atoms with Crippen LogP contribution in [-0.2, 0) is 49.5 Å². The van der Waals surface area contributed by atoms with Crippen molar-refractivity contribution >= 4 is 29.5 Å². The molecule has 0 saturated carbocycles. The number of hydrogen-bond donors (Lipinski definition) is 1. The van der Waals surface area contributed by atoms with Crippen LogP contribution >= 0.6 is 0 Å². The molecule has 0 radical (unpaired) electrons. The number of carbonyl (C=O) groups excluding carboxylic acids is 5. The van der Waals surface area contributed by atoms with Gasteiger partial charge in [0.1, 0.15) is 11.7 Å². The van der Waals surface area contributed by atoms with Gasteiger partial charge in [0.25, 0.3) is 5.91 Å². The molecule has 1 aromatic rings. The molecule has 1 saturated heterocycles. The van der Waals surface area contributed by atoms with Crippen LogP contribution in [0, 0.1) is 5.92 Å². The molecule has 43 heavy (non-hydrogen) atoms. The molecule has 238 valence electrons. The van der Waals surface area contributed by atoms with Crippen molar-refractivity contribution in [3.63, 3.8) is 0 Å². The number of allylic oxidation sites excluding steroid dienone is 1. The van der Waals surface area contributed by atoms with Crippen molar-refractivity contribution in [3.05, 3.63) is 48.0 Å². The normalized spacial score (nSPS) is 18.4. The highest BCUT2D eigenvalue weighted by atomic mass is 16.6. The summed E-state index contributed by atoms with van der Waals surface area (Å²) in [6.07, 6.45) is -2.48. The first kappa shape index (κ1) is 35.7. The number of nitrogens with zero attached hydrogens (tertiary/aromatic N) is 1. The number of ketones is 2. The summed E-state index contributed by atoms with van der Waals surface area (Å²) in [5.74, 6) is -3.22. The maximum Gasteiger partial charge on any atom is 0.417 e. The zero-order chi connectivity index (χ0) is 32.2. The number of cyclic esters (lactones) is 1. The molecule has 1 N–H and O–H groups in total. The van der Waals surface area contributed by atoms with Crippen molar-refractivity contribution in [1.82, 2.24) is 4.90 Å². The van der Waals surface area contributed by atoms with Gasteiger partial charge in [0, 0.05) is 27.1 Å². The van der Waals surface area contributed by atoms with Crippen LogP contribution in [-0.4, -0.2) is 96.4 Å². The fraction of sp³-hybridized carbons (Fsp3) is 0.581. The third-order valence-corrected chi connectivity index (χ3v) is 6.73. The van der Waals surface area contributed by atoms with Crippen LogP contribution in [0.4, 0.5) is 4.79 Å². The first-order chi connectivity index (χ1) is 20.3. The van der Waals surface area contributed by atoms with Gasteiger partial charge in [-0.05, 0) is 43.9 Å². The minimum atomic E-state index is -1.74. The van der Waals surface area contributed by atoms with Gasteiger partial charge in [-0.15, -0.1) is 0 Å². The highest BCUT2D eigenvalue weighted by Crippen LogP contribution is 2.35. The summed E-state index contributed by atoms with van der Waals surface area (Å²) in [5.41, 5.74) is -0.0306. The van der Waals surface area contributed by atoms with Crippen LogP contribution in [0.5, 0.6) is 0 Å². The number of rotatable bonds is 18. The van der Waals surface area contributed by atoms with Crippen LogP contribution in [0.2, 0.25) is 0 Å². The predicted molar refractivity (Wildman–Crippen MR) is 154 cm³/mol. The Bertz CT molecular complexity index is 1130. The zero-order valence-electron chi connectivity index (χ0n) is 25.6. The van der Waals surface area contributed by atoms with E-state index in [9.17, 15) is 29.1 Å².